The molecule has 2 atom stereocenters. The molecule has 2 heterocycles. The average molecular weight is 217 g/mol. The predicted molar refractivity (Wildman–Crippen MR) is 66.4 cm³/mol. The largest absolute Gasteiger partial charge is 0.399 e. The van der Waals surface area contributed by atoms with Gasteiger partial charge in [0, 0.05) is 30.5 Å². The molecule has 1 saturated carbocycles. The molecular formula is C13H19N3. The van der Waals surface area contributed by atoms with Crippen LogP contribution in [-0.4, -0.2) is 17.6 Å². The number of hydrogen-bond donors (Lipinski definition) is 1. The summed E-state index contributed by atoms with van der Waals surface area (Å²) in [5, 5.41) is 0. The average Bonchev–Trinajstić information content (AvgIpc) is 2.76. The molecule has 2 unspecified atom stereocenters. The number of pyridine rings is 1. The monoisotopic (exact) mass is 217 g/mol. The number of rotatable bonds is 1. The van der Waals surface area contributed by atoms with Crippen LogP contribution in [0.5, 0.6) is 0 Å². The van der Waals surface area contributed by atoms with Gasteiger partial charge in [-0.15, -0.1) is 0 Å². The summed E-state index contributed by atoms with van der Waals surface area (Å²) in [7, 11) is 0. The molecule has 0 spiro atoms. The van der Waals surface area contributed by atoms with E-state index < -0.39 is 0 Å². The van der Waals surface area contributed by atoms with Gasteiger partial charge in [-0.3, -0.25) is 0 Å². The maximum atomic E-state index is 5.84. The molecule has 0 bridgehead atoms. The number of nitrogen functional groups attached to an aromatic ring is 1. The van der Waals surface area contributed by atoms with E-state index in [-0.39, 0.29) is 0 Å². The van der Waals surface area contributed by atoms with E-state index in [2.05, 4.69) is 9.88 Å². The third-order valence-corrected chi connectivity index (χ3v) is 4.06. The van der Waals surface area contributed by atoms with Crippen LogP contribution in [0.1, 0.15) is 32.1 Å². The van der Waals surface area contributed by atoms with Gasteiger partial charge in [0.1, 0.15) is 5.82 Å². The van der Waals surface area contributed by atoms with Gasteiger partial charge < -0.3 is 10.6 Å². The molecule has 0 aromatic carbocycles. The number of fused-ring (bicyclic) bond motifs is 1. The van der Waals surface area contributed by atoms with Crippen molar-refractivity contribution >= 4 is 11.5 Å². The van der Waals surface area contributed by atoms with Crippen LogP contribution >= 0.6 is 0 Å². The number of nitrogens with zero attached hydrogens (tertiary/aromatic N) is 2. The van der Waals surface area contributed by atoms with Crippen molar-refractivity contribution in [3.63, 3.8) is 0 Å². The van der Waals surface area contributed by atoms with Crippen molar-refractivity contribution in [2.24, 2.45) is 5.92 Å². The second kappa shape index (κ2) is 3.96. The molecular weight excluding hydrogens is 198 g/mol. The van der Waals surface area contributed by atoms with E-state index in [4.69, 9.17) is 5.73 Å². The van der Waals surface area contributed by atoms with Crippen molar-refractivity contribution < 1.29 is 0 Å². The topological polar surface area (TPSA) is 42.1 Å². The molecule has 0 radical (unpaired) electrons. The molecule has 1 aliphatic heterocycles. The first-order valence-corrected chi connectivity index (χ1v) is 6.33. The van der Waals surface area contributed by atoms with Crippen LogP contribution in [0, 0.1) is 5.92 Å². The van der Waals surface area contributed by atoms with Crippen LogP contribution in [0.4, 0.5) is 11.5 Å². The van der Waals surface area contributed by atoms with Crippen molar-refractivity contribution in [1.82, 2.24) is 4.98 Å². The summed E-state index contributed by atoms with van der Waals surface area (Å²) < 4.78 is 0. The highest BCUT2D eigenvalue weighted by Gasteiger charge is 2.35. The van der Waals surface area contributed by atoms with E-state index in [9.17, 15) is 0 Å². The van der Waals surface area contributed by atoms with E-state index in [0.29, 0.717) is 0 Å². The number of aromatic nitrogens is 1. The Morgan fingerprint density at radius 3 is 3.00 bits per heavy atom. The van der Waals surface area contributed by atoms with Gasteiger partial charge in [-0.25, -0.2) is 4.98 Å². The minimum atomic E-state index is 0.725. The van der Waals surface area contributed by atoms with Gasteiger partial charge in [0.2, 0.25) is 0 Å². The third-order valence-electron chi connectivity index (χ3n) is 4.06. The molecule has 1 aromatic heterocycles. The Bertz CT molecular complexity index is 377. The highest BCUT2D eigenvalue weighted by atomic mass is 15.2. The lowest BCUT2D eigenvalue weighted by Gasteiger charge is -2.38. The molecule has 1 saturated heterocycles. The number of hydrogen-bond acceptors (Lipinski definition) is 3. The highest BCUT2D eigenvalue weighted by molar-refractivity contribution is 5.51. The number of anilines is 2. The summed E-state index contributed by atoms with van der Waals surface area (Å²) >= 11 is 0. The predicted octanol–water partition coefficient (Wildman–Crippen LogP) is 2.43. The summed E-state index contributed by atoms with van der Waals surface area (Å²) in [6, 6.07) is 4.60. The summed E-state index contributed by atoms with van der Waals surface area (Å²) in [5.74, 6) is 1.98. The summed E-state index contributed by atoms with van der Waals surface area (Å²) in [6.07, 6.45) is 8.66. The fourth-order valence-electron chi connectivity index (χ4n) is 3.33. The second-order valence-corrected chi connectivity index (χ2v) is 5.04. The maximum Gasteiger partial charge on any atom is 0.130 e. The lowest BCUT2D eigenvalue weighted by molar-refractivity contribution is 0.360. The van der Waals surface area contributed by atoms with Crippen LogP contribution in [0.15, 0.2) is 18.3 Å². The molecule has 2 aliphatic rings. The van der Waals surface area contributed by atoms with E-state index in [1.807, 2.05) is 18.3 Å². The van der Waals surface area contributed by atoms with Gasteiger partial charge in [0.15, 0.2) is 0 Å². The molecule has 16 heavy (non-hydrogen) atoms. The Labute approximate surface area is 96.7 Å². The van der Waals surface area contributed by atoms with Gasteiger partial charge in [0.25, 0.3) is 0 Å². The molecule has 3 rings (SSSR count). The molecule has 3 nitrogen and oxygen atoms in total. The molecule has 1 aliphatic carbocycles. The normalized spacial score (nSPS) is 29.1. The van der Waals surface area contributed by atoms with Gasteiger partial charge in [-0.1, -0.05) is 6.42 Å². The molecule has 1 aromatic rings. The quantitative estimate of drug-likeness (QED) is 0.785. The third kappa shape index (κ3) is 1.64. The van der Waals surface area contributed by atoms with E-state index in [0.717, 1.165) is 30.0 Å². The fraction of sp³-hybridized carbons (Fsp3) is 0.615. The molecule has 2 N–H and O–H groups in total. The van der Waals surface area contributed by atoms with Crippen molar-refractivity contribution in [2.45, 2.75) is 38.1 Å². The SMILES string of the molecule is Nc1ccnc(N2CCCC3CCCC32)c1. The summed E-state index contributed by atoms with van der Waals surface area (Å²) in [5.41, 5.74) is 6.66. The van der Waals surface area contributed by atoms with Gasteiger partial charge in [-0.05, 0) is 37.7 Å². The lowest BCUT2D eigenvalue weighted by Crippen LogP contribution is -2.43. The van der Waals surface area contributed by atoms with E-state index in [1.54, 1.807) is 0 Å². The lowest BCUT2D eigenvalue weighted by atomic mass is 9.92. The second-order valence-electron chi connectivity index (χ2n) is 5.04. The van der Waals surface area contributed by atoms with Crippen molar-refractivity contribution in [1.29, 1.82) is 0 Å². The van der Waals surface area contributed by atoms with Crippen molar-refractivity contribution in [3.8, 4) is 0 Å². The molecule has 2 fully saturated rings. The minimum Gasteiger partial charge on any atom is -0.399 e. The highest BCUT2D eigenvalue weighted by Crippen LogP contribution is 2.38. The molecule has 86 valence electrons. The molecule has 3 heteroatoms. The number of nitrogens with two attached hydrogens (primary N) is 1. The van der Waals surface area contributed by atoms with E-state index in [1.165, 1.54) is 32.1 Å². The van der Waals surface area contributed by atoms with Gasteiger partial charge in [0.05, 0.1) is 0 Å². The summed E-state index contributed by atoms with van der Waals surface area (Å²) in [6.45, 7) is 1.15. The van der Waals surface area contributed by atoms with Crippen molar-refractivity contribution in [2.75, 3.05) is 17.2 Å². The van der Waals surface area contributed by atoms with Gasteiger partial charge >= 0.3 is 0 Å². The van der Waals surface area contributed by atoms with Crippen LogP contribution in [0.2, 0.25) is 0 Å². The van der Waals surface area contributed by atoms with E-state index >= 15 is 0 Å². The van der Waals surface area contributed by atoms with Crippen LogP contribution in [0.3, 0.4) is 0 Å². The number of piperidine rings is 1. The van der Waals surface area contributed by atoms with Crippen LogP contribution < -0.4 is 10.6 Å². The first kappa shape index (κ1) is 9.94. The zero-order valence-electron chi connectivity index (χ0n) is 9.60. The smallest absolute Gasteiger partial charge is 0.130 e. The van der Waals surface area contributed by atoms with Crippen LogP contribution in [0.25, 0.3) is 0 Å². The zero-order chi connectivity index (χ0) is 11.0. The standard InChI is InChI=1S/C13H19N3/c14-11-6-7-15-13(9-11)16-8-2-4-10-3-1-5-12(10)16/h6-7,9-10,12H,1-5,8H2,(H2,14,15). The Hall–Kier alpha value is -1.25. The summed E-state index contributed by atoms with van der Waals surface area (Å²) in [4.78, 5) is 6.95. The Morgan fingerprint density at radius 2 is 2.12 bits per heavy atom. The van der Waals surface area contributed by atoms with Crippen LogP contribution in [-0.2, 0) is 0 Å². The first-order chi connectivity index (χ1) is 7.84. The molecule has 0 amide bonds. The fourth-order valence-corrected chi connectivity index (χ4v) is 3.33. The van der Waals surface area contributed by atoms with Crippen molar-refractivity contribution in [3.05, 3.63) is 18.3 Å². The first-order valence-electron chi connectivity index (χ1n) is 6.33. The minimum absolute atomic E-state index is 0.725. The Morgan fingerprint density at radius 1 is 1.25 bits per heavy atom. The zero-order valence-corrected chi connectivity index (χ0v) is 9.60. The van der Waals surface area contributed by atoms with Gasteiger partial charge in [-0.2, -0.15) is 0 Å². The Balaban J connectivity index is 1.88. The Kier molecular flexibility index (Phi) is 2.46. The maximum absolute atomic E-state index is 5.84.